The monoisotopic (exact) mass is 274 g/mol. The van der Waals surface area contributed by atoms with Gasteiger partial charge in [-0.1, -0.05) is 51.1 Å². The third kappa shape index (κ3) is 4.60. The van der Waals surface area contributed by atoms with Crippen LogP contribution in [0.2, 0.25) is 0 Å². The van der Waals surface area contributed by atoms with Crippen LogP contribution in [0.3, 0.4) is 0 Å². The van der Waals surface area contributed by atoms with Crippen LogP contribution in [0.4, 0.5) is 0 Å². The molecule has 1 aromatic rings. The summed E-state index contributed by atoms with van der Waals surface area (Å²) in [6.45, 7) is 11.8. The van der Waals surface area contributed by atoms with Gasteiger partial charge >= 0.3 is 0 Å². The van der Waals surface area contributed by atoms with Crippen LogP contribution < -0.4 is 5.32 Å². The van der Waals surface area contributed by atoms with E-state index in [0.717, 1.165) is 18.4 Å². The van der Waals surface area contributed by atoms with Crippen molar-refractivity contribution in [2.24, 2.45) is 11.8 Å². The maximum Gasteiger partial charge on any atom is 0.0208 e. The lowest BCUT2D eigenvalue weighted by Gasteiger charge is -2.40. The molecule has 2 atom stereocenters. The molecule has 2 heteroatoms. The second kappa shape index (κ2) is 7.80. The fourth-order valence-corrected chi connectivity index (χ4v) is 3.22. The molecule has 0 radical (unpaired) electrons. The molecular formula is C18H30N2. The van der Waals surface area contributed by atoms with Gasteiger partial charge in [0, 0.05) is 25.7 Å². The van der Waals surface area contributed by atoms with Gasteiger partial charge in [-0.15, -0.1) is 0 Å². The van der Waals surface area contributed by atoms with E-state index < -0.39 is 0 Å². The fourth-order valence-electron chi connectivity index (χ4n) is 3.22. The summed E-state index contributed by atoms with van der Waals surface area (Å²) in [7, 11) is 0. The van der Waals surface area contributed by atoms with Crippen LogP contribution in [-0.4, -0.2) is 30.6 Å². The quantitative estimate of drug-likeness (QED) is 0.853. The number of benzene rings is 1. The fraction of sp³-hybridized carbons (Fsp3) is 0.667. The molecule has 0 spiro atoms. The van der Waals surface area contributed by atoms with Crippen LogP contribution in [0.1, 0.15) is 39.2 Å². The van der Waals surface area contributed by atoms with Gasteiger partial charge in [-0.3, -0.25) is 0 Å². The van der Waals surface area contributed by atoms with Crippen molar-refractivity contribution in [3.63, 3.8) is 0 Å². The molecule has 1 fully saturated rings. The Bertz CT molecular complexity index is 374. The van der Waals surface area contributed by atoms with Gasteiger partial charge in [-0.2, -0.15) is 0 Å². The minimum atomic E-state index is 0.642. The summed E-state index contributed by atoms with van der Waals surface area (Å²) in [5.74, 6) is 1.62. The Hall–Kier alpha value is -0.860. The van der Waals surface area contributed by atoms with Crippen molar-refractivity contribution in [3.8, 4) is 0 Å². The van der Waals surface area contributed by atoms with Crippen LogP contribution >= 0.6 is 0 Å². The average molecular weight is 274 g/mol. The van der Waals surface area contributed by atoms with E-state index in [4.69, 9.17) is 0 Å². The van der Waals surface area contributed by atoms with Crippen molar-refractivity contribution < 1.29 is 0 Å². The van der Waals surface area contributed by atoms with E-state index in [9.17, 15) is 0 Å². The molecule has 0 aromatic heterocycles. The molecule has 1 N–H and O–H groups in total. The normalized spacial score (nSPS) is 24.2. The predicted octanol–water partition coefficient (Wildman–Crippen LogP) is 3.53. The number of likely N-dealkylation sites (tertiary alicyclic amines) is 1. The summed E-state index contributed by atoms with van der Waals surface area (Å²) in [5.41, 5.74) is 1.39. The Morgan fingerprint density at radius 2 is 1.95 bits per heavy atom. The highest BCUT2D eigenvalue weighted by atomic mass is 15.2. The zero-order valence-corrected chi connectivity index (χ0v) is 13.3. The molecule has 0 aliphatic carbocycles. The minimum absolute atomic E-state index is 0.642. The van der Waals surface area contributed by atoms with Crippen molar-refractivity contribution in [1.29, 1.82) is 0 Å². The Kier molecular flexibility index (Phi) is 6.06. The Morgan fingerprint density at radius 3 is 2.60 bits per heavy atom. The van der Waals surface area contributed by atoms with Gasteiger partial charge in [0.15, 0.2) is 0 Å². The van der Waals surface area contributed by atoms with Crippen molar-refractivity contribution in [2.75, 3.05) is 19.6 Å². The van der Waals surface area contributed by atoms with Gasteiger partial charge < -0.3 is 10.2 Å². The highest BCUT2D eigenvalue weighted by Crippen LogP contribution is 2.24. The average Bonchev–Trinajstić information content (AvgIpc) is 2.46. The standard InChI is InChI=1S/C18H30N2/c1-4-10-20-13-17(15(2)3)11-18(14-20)19-12-16-8-6-5-7-9-16/h5-9,15,17-19H,4,10-14H2,1-3H3. The van der Waals surface area contributed by atoms with E-state index >= 15 is 0 Å². The minimum Gasteiger partial charge on any atom is -0.309 e. The van der Waals surface area contributed by atoms with Gasteiger partial charge in [0.05, 0.1) is 0 Å². The topological polar surface area (TPSA) is 15.3 Å². The molecule has 1 aromatic carbocycles. The molecule has 0 bridgehead atoms. The lowest BCUT2D eigenvalue weighted by Crippen LogP contribution is -2.50. The lowest BCUT2D eigenvalue weighted by atomic mass is 9.85. The number of hydrogen-bond donors (Lipinski definition) is 1. The number of nitrogens with one attached hydrogen (secondary N) is 1. The van der Waals surface area contributed by atoms with E-state index in [-0.39, 0.29) is 0 Å². The Morgan fingerprint density at radius 1 is 1.20 bits per heavy atom. The zero-order valence-electron chi connectivity index (χ0n) is 13.3. The van der Waals surface area contributed by atoms with Crippen LogP contribution in [0.5, 0.6) is 0 Å². The van der Waals surface area contributed by atoms with E-state index in [1.54, 1.807) is 0 Å². The van der Waals surface area contributed by atoms with Crippen LogP contribution in [0, 0.1) is 11.8 Å². The molecular weight excluding hydrogens is 244 g/mol. The number of hydrogen-bond acceptors (Lipinski definition) is 2. The van der Waals surface area contributed by atoms with Gasteiger partial charge in [0.2, 0.25) is 0 Å². The first-order valence-electron chi connectivity index (χ1n) is 8.18. The molecule has 2 nitrogen and oxygen atoms in total. The third-order valence-electron chi connectivity index (χ3n) is 4.48. The van der Waals surface area contributed by atoms with E-state index in [2.05, 4.69) is 61.3 Å². The molecule has 20 heavy (non-hydrogen) atoms. The first kappa shape index (κ1) is 15.5. The summed E-state index contributed by atoms with van der Waals surface area (Å²) >= 11 is 0. The molecule has 2 unspecified atom stereocenters. The summed E-state index contributed by atoms with van der Waals surface area (Å²) < 4.78 is 0. The van der Waals surface area contributed by atoms with Gasteiger partial charge in [0.1, 0.15) is 0 Å². The maximum atomic E-state index is 3.77. The van der Waals surface area contributed by atoms with Crippen LogP contribution in [0.15, 0.2) is 30.3 Å². The number of nitrogens with zero attached hydrogens (tertiary/aromatic N) is 1. The largest absolute Gasteiger partial charge is 0.309 e. The smallest absolute Gasteiger partial charge is 0.0208 e. The molecule has 2 rings (SSSR count). The van der Waals surface area contributed by atoms with Crippen LogP contribution in [0.25, 0.3) is 0 Å². The Labute approximate surface area is 124 Å². The molecule has 1 aliphatic heterocycles. The lowest BCUT2D eigenvalue weighted by molar-refractivity contribution is 0.115. The van der Waals surface area contributed by atoms with Gasteiger partial charge in [-0.25, -0.2) is 0 Å². The van der Waals surface area contributed by atoms with Gasteiger partial charge in [0.25, 0.3) is 0 Å². The zero-order chi connectivity index (χ0) is 14.4. The highest BCUT2D eigenvalue weighted by Gasteiger charge is 2.28. The third-order valence-corrected chi connectivity index (χ3v) is 4.48. The highest BCUT2D eigenvalue weighted by molar-refractivity contribution is 5.14. The van der Waals surface area contributed by atoms with Gasteiger partial charge in [-0.05, 0) is 36.8 Å². The second-order valence-corrected chi connectivity index (χ2v) is 6.56. The summed E-state index contributed by atoms with van der Waals surface area (Å²) in [6, 6.07) is 11.4. The van der Waals surface area contributed by atoms with Crippen molar-refractivity contribution in [1.82, 2.24) is 10.2 Å². The Balaban J connectivity index is 1.88. The van der Waals surface area contributed by atoms with Crippen molar-refractivity contribution in [3.05, 3.63) is 35.9 Å². The summed E-state index contributed by atoms with van der Waals surface area (Å²) in [4.78, 5) is 2.65. The number of piperidine rings is 1. The number of rotatable bonds is 6. The van der Waals surface area contributed by atoms with E-state index in [1.807, 2.05) is 0 Å². The van der Waals surface area contributed by atoms with Crippen LogP contribution in [-0.2, 0) is 6.54 Å². The maximum absolute atomic E-state index is 3.77. The summed E-state index contributed by atoms with van der Waals surface area (Å²) in [5, 5.41) is 3.77. The van der Waals surface area contributed by atoms with E-state index in [0.29, 0.717) is 6.04 Å². The molecule has 1 heterocycles. The van der Waals surface area contributed by atoms with Crippen molar-refractivity contribution >= 4 is 0 Å². The molecule has 0 amide bonds. The van der Waals surface area contributed by atoms with Crippen molar-refractivity contribution in [2.45, 2.75) is 46.2 Å². The second-order valence-electron chi connectivity index (χ2n) is 6.56. The first-order valence-corrected chi connectivity index (χ1v) is 8.18. The summed E-state index contributed by atoms with van der Waals surface area (Å²) in [6.07, 6.45) is 2.58. The SMILES string of the molecule is CCCN1CC(NCc2ccccc2)CC(C(C)C)C1. The molecule has 112 valence electrons. The predicted molar refractivity (Wildman–Crippen MR) is 86.7 cm³/mol. The molecule has 1 aliphatic rings. The van der Waals surface area contributed by atoms with E-state index in [1.165, 1.54) is 38.0 Å². The molecule has 0 saturated carbocycles. The first-order chi connectivity index (χ1) is 9.69. The molecule has 1 saturated heterocycles.